The fourth-order valence-electron chi connectivity index (χ4n) is 4.49. The van der Waals surface area contributed by atoms with Crippen molar-refractivity contribution in [2.75, 3.05) is 31.1 Å². The first-order valence-corrected chi connectivity index (χ1v) is 12.0. The van der Waals surface area contributed by atoms with Crippen molar-refractivity contribution in [3.05, 3.63) is 76.7 Å². The van der Waals surface area contributed by atoms with Crippen molar-refractivity contribution in [3.63, 3.8) is 0 Å². The van der Waals surface area contributed by atoms with E-state index in [1.54, 1.807) is 48.5 Å². The van der Waals surface area contributed by atoms with Gasteiger partial charge in [0.25, 0.3) is 5.91 Å². The van der Waals surface area contributed by atoms with Gasteiger partial charge in [-0.3, -0.25) is 19.4 Å². The van der Waals surface area contributed by atoms with Crippen LogP contribution in [0.3, 0.4) is 0 Å². The second-order valence-electron chi connectivity index (χ2n) is 8.81. The van der Waals surface area contributed by atoms with E-state index >= 15 is 0 Å². The summed E-state index contributed by atoms with van der Waals surface area (Å²) in [6, 6.07) is 8.20. The van der Waals surface area contributed by atoms with E-state index in [0.717, 1.165) is 16.8 Å². The van der Waals surface area contributed by atoms with Crippen molar-refractivity contribution >= 4 is 23.3 Å². The van der Waals surface area contributed by atoms with Crippen LogP contribution in [0.15, 0.2) is 48.9 Å². The van der Waals surface area contributed by atoms with Gasteiger partial charge >= 0.3 is 0 Å². The number of halogens is 2. The van der Waals surface area contributed by atoms with Gasteiger partial charge in [0, 0.05) is 56.7 Å². The standard InChI is InChI=1S/C26H25ClFN7O/c1-16-12-18(28)4-5-19(16)24-25(20-6-7-29-14-21(20)27)31-23(15-30-24)34-8-10-35(11-9-34)26(36)22-13-17(2)32-33(22)3/h4-7,12-15H,8-11H2,1-3H3. The minimum atomic E-state index is -0.307. The number of anilines is 1. The molecular formula is C26H25ClFN7O. The number of nitrogens with zero attached hydrogens (tertiary/aromatic N) is 7. The van der Waals surface area contributed by atoms with Crippen molar-refractivity contribution in [3.8, 4) is 22.5 Å². The number of aromatic nitrogens is 5. The molecule has 0 atom stereocenters. The highest BCUT2D eigenvalue weighted by atomic mass is 35.5. The Hall–Kier alpha value is -3.85. The summed E-state index contributed by atoms with van der Waals surface area (Å²) in [5, 5.41) is 4.73. The lowest BCUT2D eigenvalue weighted by atomic mass is 10.0. The molecule has 5 rings (SSSR count). The Kier molecular flexibility index (Phi) is 6.40. The molecule has 1 amide bonds. The summed E-state index contributed by atoms with van der Waals surface area (Å²) < 4.78 is 15.4. The minimum Gasteiger partial charge on any atom is -0.352 e. The van der Waals surface area contributed by atoms with Gasteiger partial charge in [0.05, 0.1) is 22.6 Å². The molecule has 0 radical (unpaired) electrons. The van der Waals surface area contributed by atoms with Gasteiger partial charge in [-0.25, -0.2) is 9.37 Å². The van der Waals surface area contributed by atoms with Crippen LogP contribution in [0.1, 0.15) is 21.7 Å². The van der Waals surface area contributed by atoms with Crippen LogP contribution in [0.2, 0.25) is 5.02 Å². The van der Waals surface area contributed by atoms with Gasteiger partial charge < -0.3 is 9.80 Å². The Morgan fingerprint density at radius 2 is 1.78 bits per heavy atom. The van der Waals surface area contributed by atoms with E-state index in [9.17, 15) is 9.18 Å². The number of carbonyl (C=O) groups is 1. The normalized spacial score (nSPS) is 13.8. The maximum absolute atomic E-state index is 13.8. The van der Waals surface area contributed by atoms with Gasteiger partial charge in [0.15, 0.2) is 0 Å². The van der Waals surface area contributed by atoms with Crippen molar-refractivity contribution in [1.82, 2.24) is 29.6 Å². The van der Waals surface area contributed by atoms with Crippen LogP contribution in [0, 0.1) is 19.7 Å². The third-order valence-corrected chi connectivity index (χ3v) is 6.64. The molecule has 0 spiro atoms. The molecule has 1 aliphatic rings. The van der Waals surface area contributed by atoms with E-state index in [2.05, 4.69) is 15.0 Å². The third kappa shape index (κ3) is 4.54. The highest BCUT2D eigenvalue weighted by Gasteiger charge is 2.26. The summed E-state index contributed by atoms with van der Waals surface area (Å²) in [7, 11) is 1.78. The SMILES string of the molecule is Cc1cc(C(=O)N2CCN(c3cnc(-c4ccc(F)cc4C)c(-c4ccncc4Cl)n3)CC2)n(C)n1. The van der Waals surface area contributed by atoms with Gasteiger partial charge in [0.2, 0.25) is 0 Å². The van der Waals surface area contributed by atoms with Gasteiger partial charge in [-0.2, -0.15) is 5.10 Å². The van der Waals surface area contributed by atoms with Crippen molar-refractivity contribution < 1.29 is 9.18 Å². The summed E-state index contributed by atoms with van der Waals surface area (Å²) in [5.41, 5.74) is 4.83. The van der Waals surface area contributed by atoms with E-state index in [1.165, 1.54) is 12.1 Å². The second-order valence-corrected chi connectivity index (χ2v) is 9.22. The molecule has 10 heteroatoms. The molecule has 0 unspecified atom stereocenters. The second kappa shape index (κ2) is 9.66. The molecule has 8 nitrogen and oxygen atoms in total. The molecule has 4 heterocycles. The quantitative estimate of drug-likeness (QED) is 0.411. The van der Waals surface area contributed by atoms with E-state index < -0.39 is 0 Å². The molecule has 1 saturated heterocycles. The van der Waals surface area contributed by atoms with Crippen molar-refractivity contribution in [2.24, 2.45) is 7.05 Å². The number of amides is 1. The largest absolute Gasteiger partial charge is 0.352 e. The van der Waals surface area contributed by atoms with Crippen molar-refractivity contribution in [2.45, 2.75) is 13.8 Å². The average molecular weight is 506 g/mol. The number of pyridine rings is 1. The molecule has 1 fully saturated rings. The molecule has 36 heavy (non-hydrogen) atoms. The number of carbonyl (C=O) groups excluding carboxylic acids is 1. The van der Waals surface area contributed by atoms with Gasteiger partial charge in [-0.15, -0.1) is 0 Å². The molecular weight excluding hydrogens is 481 g/mol. The highest BCUT2D eigenvalue weighted by Crippen LogP contribution is 2.35. The Morgan fingerprint density at radius 1 is 1.00 bits per heavy atom. The van der Waals surface area contributed by atoms with Gasteiger partial charge in [-0.05, 0) is 49.7 Å². The van der Waals surface area contributed by atoms with Crippen LogP contribution in [-0.2, 0) is 7.05 Å². The molecule has 184 valence electrons. The lowest BCUT2D eigenvalue weighted by Gasteiger charge is -2.35. The summed E-state index contributed by atoms with van der Waals surface area (Å²) in [6.07, 6.45) is 4.94. The Bertz CT molecular complexity index is 1450. The molecule has 3 aromatic heterocycles. The van der Waals surface area contributed by atoms with E-state index in [0.29, 0.717) is 59.7 Å². The summed E-state index contributed by atoms with van der Waals surface area (Å²) in [6.45, 7) is 6.03. The summed E-state index contributed by atoms with van der Waals surface area (Å²) >= 11 is 6.49. The molecule has 0 saturated carbocycles. The lowest BCUT2D eigenvalue weighted by molar-refractivity contribution is 0.0735. The third-order valence-electron chi connectivity index (χ3n) is 6.34. The Balaban J connectivity index is 1.45. The van der Waals surface area contributed by atoms with E-state index in [4.69, 9.17) is 21.6 Å². The number of piperazine rings is 1. The van der Waals surface area contributed by atoms with Crippen LogP contribution in [0.25, 0.3) is 22.5 Å². The van der Waals surface area contributed by atoms with Crippen LogP contribution >= 0.6 is 11.6 Å². The molecule has 1 aromatic carbocycles. The van der Waals surface area contributed by atoms with Gasteiger partial charge in [0.1, 0.15) is 23.0 Å². The minimum absolute atomic E-state index is 0.0322. The zero-order valence-corrected chi connectivity index (χ0v) is 21.0. The first kappa shape index (κ1) is 23.9. The molecule has 0 aliphatic carbocycles. The molecule has 1 aliphatic heterocycles. The fraction of sp³-hybridized carbons (Fsp3) is 0.269. The number of hydrogen-bond acceptors (Lipinski definition) is 6. The predicted molar refractivity (Wildman–Crippen MR) is 136 cm³/mol. The maximum atomic E-state index is 13.8. The van der Waals surface area contributed by atoms with E-state index in [1.807, 2.05) is 18.7 Å². The topological polar surface area (TPSA) is 80.0 Å². The van der Waals surface area contributed by atoms with Crippen LogP contribution < -0.4 is 4.90 Å². The number of rotatable bonds is 4. The fourth-order valence-corrected chi connectivity index (χ4v) is 4.70. The van der Waals surface area contributed by atoms with E-state index in [-0.39, 0.29) is 11.7 Å². The zero-order valence-electron chi connectivity index (χ0n) is 20.2. The number of aryl methyl sites for hydroxylation is 3. The van der Waals surface area contributed by atoms with Gasteiger partial charge in [-0.1, -0.05) is 11.6 Å². The molecule has 4 aromatic rings. The monoisotopic (exact) mass is 505 g/mol. The summed E-state index contributed by atoms with van der Waals surface area (Å²) in [5.74, 6) is 0.345. The average Bonchev–Trinajstić information content (AvgIpc) is 3.21. The summed E-state index contributed by atoms with van der Waals surface area (Å²) in [4.78, 5) is 30.7. The smallest absolute Gasteiger partial charge is 0.272 e. The number of hydrogen-bond donors (Lipinski definition) is 0. The van der Waals surface area contributed by atoms with Crippen LogP contribution in [0.5, 0.6) is 0 Å². The Labute approximate surface area is 213 Å². The molecule has 0 bridgehead atoms. The first-order chi connectivity index (χ1) is 17.3. The first-order valence-electron chi connectivity index (χ1n) is 11.6. The van der Waals surface area contributed by atoms with Crippen molar-refractivity contribution in [1.29, 1.82) is 0 Å². The number of benzene rings is 1. The highest BCUT2D eigenvalue weighted by molar-refractivity contribution is 6.33. The van der Waals surface area contributed by atoms with Crippen LogP contribution in [-0.4, -0.2) is 61.7 Å². The maximum Gasteiger partial charge on any atom is 0.272 e. The predicted octanol–water partition coefficient (Wildman–Crippen LogP) is 4.31. The zero-order chi connectivity index (χ0) is 25.4. The molecule has 0 N–H and O–H groups in total. The Morgan fingerprint density at radius 3 is 2.44 bits per heavy atom. The lowest BCUT2D eigenvalue weighted by Crippen LogP contribution is -2.49. The van der Waals surface area contributed by atoms with Crippen LogP contribution in [0.4, 0.5) is 10.2 Å².